The Labute approximate surface area is 137 Å². The highest BCUT2D eigenvalue weighted by Crippen LogP contribution is 2.06. The molecule has 1 aromatic rings. The molecule has 0 saturated carbocycles. The highest BCUT2D eigenvalue weighted by atomic mass is 19.1. The molecular weight excluding hydrogens is 297 g/mol. The fourth-order valence-electron chi connectivity index (χ4n) is 1.84. The Morgan fingerprint density at radius 3 is 2.43 bits per heavy atom. The van der Waals surface area contributed by atoms with E-state index in [4.69, 9.17) is 4.74 Å². The molecule has 0 saturated heterocycles. The number of ether oxygens (including phenoxy) is 1. The Morgan fingerprint density at radius 2 is 1.87 bits per heavy atom. The van der Waals surface area contributed by atoms with Crippen molar-refractivity contribution in [3.63, 3.8) is 0 Å². The topological polar surface area (TPSA) is 62.7 Å². The number of guanidine groups is 1. The summed E-state index contributed by atoms with van der Waals surface area (Å²) in [7, 11) is 0. The van der Waals surface area contributed by atoms with Crippen LogP contribution in [0.2, 0.25) is 0 Å². The molecule has 0 aliphatic carbocycles. The first kappa shape index (κ1) is 18.9. The van der Waals surface area contributed by atoms with Gasteiger partial charge in [-0.2, -0.15) is 0 Å². The summed E-state index contributed by atoms with van der Waals surface area (Å²) in [6, 6.07) is 6.39. The van der Waals surface area contributed by atoms with Crippen LogP contribution < -0.4 is 10.6 Å². The number of carbonyl (C=O) groups excluding carboxylic acids is 1. The first-order valence-electron chi connectivity index (χ1n) is 7.78. The van der Waals surface area contributed by atoms with Crippen LogP contribution in [-0.4, -0.2) is 37.2 Å². The van der Waals surface area contributed by atoms with Crippen LogP contribution in [0.4, 0.5) is 4.39 Å². The van der Waals surface area contributed by atoms with Gasteiger partial charge in [0, 0.05) is 13.1 Å². The number of aliphatic imine (C=N–C) groups is 1. The minimum atomic E-state index is -0.513. The zero-order valence-corrected chi connectivity index (χ0v) is 14.3. The summed E-state index contributed by atoms with van der Waals surface area (Å²) in [5.41, 5.74) is 0.517. The van der Waals surface area contributed by atoms with E-state index in [0.29, 0.717) is 19.0 Å². The molecule has 128 valence electrons. The van der Waals surface area contributed by atoms with Crippen LogP contribution in [0.25, 0.3) is 0 Å². The number of hydrogen-bond donors (Lipinski definition) is 2. The van der Waals surface area contributed by atoms with Gasteiger partial charge in [0.15, 0.2) is 5.96 Å². The van der Waals surface area contributed by atoms with Crippen LogP contribution in [0, 0.1) is 5.82 Å². The largest absolute Gasteiger partial charge is 0.459 e. The van der Waals surface area contributed by atoms with Gasteiger partial charge in [-0.1, -0.05) is 12.1 Å². The molecule has 0 fully saturated rings. The summed E-state index contributed by atoms with van der Waals surface area (Å²) in [6.07, 6.45) is 0.733. The van der Waals surface area contributed by atoms with Gasteiger partial charge in [-0.3, -0.25) is 4.79 Å². The maximum atomic E-state index is 12.8. The average molecular weight is 323 g/mol. The summed E-state index contributed by atoms with van der Waals surface area (Å²) in [5, 5.41) is 6.21. The van der Waals surface area contributed by atoms with Crippen molar-refractivity contribution in [2.24, 2.45) is 4.99 Å². The van der Waals surface area contributed by atoms with Crippen molar-refractivity contribution in [3.05, 3.63) is 35.6 Å². The van der Waals surface area contributed by atoms with E-state index in [1.54, 1.807) is 12.1 Å². The van der Waals surface area contributed by atoms with Gasteiger partial charge < -0.3 is 15.4 Å². The van der Waals surface area contributed by atoms with Gasteiger partial charge in [0.25, 0.3) is 0 Å². The summed E-state index contributed by atoms with van der Waals surface area (Å²) in [4.78, 5) is 15.9. The number of rotatable bonds is 6. The SMILES string of the molecule is CCNC(=NCC(=O)OC(C)(C)C)NCCc1ccc(F)cc1. The van der Waals surface area contributed by atoms with Crippen molar-refractivity contribution in [3.8, 4) is 0 Å². The summed E-state index contributed by atoms with van der Waals surface area (Å²) in [5.74, 6) is -0.0531. The molecule has 5 nitrogen and oxygen atoms in total. The second-order valence-corrected chi connectivity index (χ2v) is 6.08. The molecule has 23 heavy (non-hydrogen) atoms. The molecular formula is C17H26FN3O2. The minimum Gasteiger partial charge on any atom is -0.459 e. The number of carbonyl (C=O) groups is 1. The number of esters is 1. The molecule has 0 unspecified atom stereocenters. The van der Waals surface area contributed by atoms with Crippen molar-refractivity contribution in [2.45, 2.75) is 39.7 Å². The zero-order chi connectivity index (χ0) is 17.3. The molecule has 0 spiro atoms. The number of hydrogen-bond acceptors (Lipinski definition) is 3. The molecule has 1 rings (SSSR count). The van der Waals surface area contributed by atoms with Gasteiger partial charge >= 0.3 is 5.97 Å². The highest BCUT2D eigenvalue weighted by Gasteiger charge is 2.15. The molecule has 0 atom stereocenters. The Morgan fingerprint density at radius 1 is 1.22 bits per heavy atom. The third kappa shape index (κ3) is 8.80. The van der Waals surface area contributed by atoms with Gasteiger partial charge in [0.05, 0.1) is 0 Å². The Bertz CT molecular complexity index is 522. The van der Waals surface area contributed by atoms with Gasteiger partial charge in [-0.05, 0) is 51.8 Å². The number of nitrogens with zero attached hydrogens (tertiary/aromatic N) is 1. The highest BCUT2D eigenvalue weighted by molar-refractivity contribution is 5.83. The zero-order valence-electron chi connectivity index (χ0n) is 14.3. The molecule has 0 aromatic heterocycles. The third-order valence-electron chi connectivity index (χ3n) is 2.75. The maximum absolute atomic E-state index is 12.8. The lowest BCUT2D eigenvalue weighted by atomic mass is 10.1. The lowest BCUT2D eigenvalue weighted by molar-refractivity contribution is -0.152. The van der Waals surface area contributed by atoms with Crippen molar-refractivity contribution in [1.29, 1.82) is 0 Å². The van der Waals surface area contributed by atoms with Crippen LogP contribution in [0.3, 0.4) is 0 Å². The fourth-order valence-corrected chi connectivity index (χ4v) is 1.84. The molecule has 0 amide bonds. The standard InChI is InChI=1S/C17H26FN3O2/c1-5-19-16(21-12-15(22)23-17(2,3)4)20-11-10-13-6-8-14(18)9-7-13/h6-9H,5,10-12H2,1-4H3,(H2,19,20,21). The van der Waals surface area contributed by atoms with Gasteiger partial charge in [0.2, 0.25) is 0 Å². The smallest absolute Gasteiger partial charge is 0.328 e. The molecule has 0 aliphatic rings. The Kier molecular flexibility index (Phi) is 7.51. The van der Waals surface area contributed by atoms with Gasteiger partial charge in [-0.25, -0.2) is 9.38 Å². The lowest BCUT2D eigenvalue weighted by Gasteiger charge is -2.19. The molecule has 0 heterocycles. The van der Waals surface area contributed by atoms with Crippen LogP contribution in [-0.2, 0) is 16.0 Å². The van der Waals surface area contributed by atoms with E-state index in [9.17, 15) is 9.18 Å². The minimum absolute atomic E-state index is 0.0385. The van der Waals surface area contributed by atoms with Crippen LogP contribution in [0.1, 0.15) is 33.3 Å². The summed E-state index contributed by atoms with van der Waals surface area (Å²) in [6.45, 7) is 8.69. The predicted octanol–water partition coefficient (Wildman–Crippen LogP) is 2.26. The maximum Gasteiger partial charge on any atom is 0.328 e. The monoisotopic (exact) mass is 323 g/mol. The summed E-state index contributed by atoms with van der Waals surface area (Å²) < 4.78 is 18.1. The van der Waals surface area contributed by atoms with Crippen LogP contribution in [0.15, 0.2) is 29.3 Å². The van der Waals surface area contributed by atoms with E-state index in [1.807, 2.05) is 27.7 Å². The predicted molar refractivity (Wildman–Crippen MR) is 89.9 cm³/mol. The first-order valence-corrected chi connectivity index (χ1v) is 7.78. The number of halogens is 1. The fraction of sp³-hybridized carbons (Fsp3) is 0.529. The van der Waals surface area contributed by atoms with Crippen molar-refractivity contribution < 1.29 is 13.9 Å². The quantitative estimate of drug-likeness (QED) is 0.479. The molecule has 2 N–H and O–H groups in total. The second-order valence-electron chi connectivity index (χ2n) is 6.08. The Balaban J connectivity index is 2.45. The number of benzene rings is 1. The normalized spacial score (nSPS) is 12.0. The van der Waals surface area contributed by atoms with E-state index >= 15 is 0 Å². The molecule has 0 bridgehead atoms. The van der Waals surface area contributed by atoms with Crippen molar-refractivity contribution in [2.75, 3.05) is 19.6 Å². The van der Waals surface area contributed by atoms with Gasteiger partial charge in [0.1, 0.15) is 18.0 Å². The van der Waals surface area contributed by atoms with E-state index in [0.717, 1.165) is 12.0 Å². The molecule has 1 aromatic carbocycles. The van der Waals surface area contributed by atoms with Gasteiger partial charge in [-0.15, -0.1) is 0 Å². The molecule has 6 heteroatoms. The second kappa shape index (κ2) is 9.12. The average Bonchev–Trinajstić information content (AvgIpc) is 2.45. The van der Waals surface area contributed by atoms with Crippen molar-refractivity contribution in [1.82, 2.24) is 10.6 Å². The van der Waals surface area contributed by atoms with E-state index in [-0.39, 0.29) is 18.3 Å². The van der Waals surface area contributed by atoms with E-state index < -0.39 is 5.60 Å². The Hall–Kier alpha value is -2.11. The molecule has 0 aliphatic heterocycles. The van der Waals surface area contributed by atoms with Crippen LogP contribution in [0.5, 0.6) is 0 Å². The van der Waals surface area contributed by atoms with E-state index in [2.05, 4.69) is 15.6 Å². The van der Waals surface area contributed by atoms with Crippen LogP contribution >= 0.6 is 0 Å². The van der Waals surface area contributed by atoms with Crippen molar-refractivity contribution >= 4 is 11.9 Å². The lowest BCUT2D eigenvalue weighted by Crippen LogP contribution is -2.39. The number of nitrogens with one attached hydrogen (secondary N) is 2. The first-order chi connectivity index (χ1) is 10.8. The van der Waals surface area contributed by atoms with E-state index in [1.165, 1.54) is 12.1 Å². The summed E-state index contributed by atoms with van der Waals surface area (Å²) >= 11 is 0. The molecule has 0 radical (unpaired) electrons. The third-order valence-corrected chi connectivity index (χ3v) is 2.75.